The van der Waals surface area contributed by atoms with E-state index in [1.807, 2.05) is 0 Å². The second kappa shape index (κ2) is 7.37. The number of hydrogen-bond acceptors (Lipinski definition) is 1. The van der Waals surface area contributed by atoms with Crippen LogP contribution in [0.25, 0.3) is 0 Å². The lowest BCUT2D eigenvalue weighted by Crippen LogP contribution is -2.24. The van der Waals surface area contributed by atoms with E-state index in [-0.39, 0.29) is 0 Å². The highest BCUT2D eigenvalue weighted by Crippen LogP contribution is 2.26. The Balaban J connectivity index is 4.00. The van der Waals surface area contributed by atoms with Crippen LogP contribution in [0.15, 0.2) is 0 Å². The maximum Gasteiger partial charge on any atom is -0.00462 e. The van der Waals surface area contributed by atoms with Gasteiger partial charge in [0.1, 0.15) is 0 Å². The monoisotopic (exact) mass is 185 g/mol. The third-order valence-corrected chi connectivity index (χ3v) is 2.93. The molecule has 2 atom stereocenters. The van der Waals surface area contributed by atoms with Gasteiger partial charge in [-0.3, -0.25) is 0 Å². The molecule has 80 valence electrons. The summed E-state index contributed by atoms with van der Waals surface area (Å²) in [6.07, 6.45) is 5.22. The fourth-order valence-corrected chi connectivity index (χ4v) is 2.21. The second-order valence-electron chi connectivity index (χ2n) is 4.58. The molecule has 0 saturated heterocycles. The molecule has 0 aliphatic heterocycles. The molecule has 0 spiro atoms. The van der Waals surface area contributed by atoms with Gasteiger partial charge in [-0.05, 0) is 37.1 Å². The minimum Gasteiger partial charge on any atom is -0.330 e. The van der Waals surface area contributed by atoms with Crippen molar-refractivity contribution in [3.63, 3.8) is 0 Å². The normalized spacial score (nSPS) is 16.2. The maximum atomic E-state index is 5.81. The van der Waals surface area contributed by atoms with Crippen molar-refractivity contribution in [1.82, 2.24) is 0 Å². The van der Waals surface area contributed by atoms with E-state index in [0.29, 0.717) is 0 Å². The first-order chi connectivity index (χ1) is 6.15. The molecular weight excluding hydrogens is 158 g/mol. The van der Waals surface area contributed by atoms with Gasteiger partial charge in [0.15, 0.2) is 0 Å². The van der Waals surface area contributed by atoms with Crippen molar-refractivity contribution in [3.05, 3.63) is 0 Å². The minimum absolute atomic E-state index is 0.761. The molecule has 1 heteroatoms. The Labute approximate surface area is 84.1 Å². The lowest BCUT2D eigenvalue weighted by atomic mass is 9.81. The Morgan fingerprint density at radius 1 is 1.08 bits per heavy atom. The van der Waals surface area contributed by atoms with Crippen LogP contribution in [0.5, 0.6) is 0 Å². The quantitative estimate of drug-likeness (QED) is 0.646. The van der Waals surface area contributed by atoms with Gasteiger partial charge in [0, 0.05) is 0 Å². The van der Waals surface area contributed by atoms with E-state index < -0.39 is 0 Å². The fourth-order valence-electron chi connectivity index (χ4n) is 2.21. The van der Waals surface area contributed by atoms with E-state index in [1.165, 1.54) is 25.7 Å². The standard InChI is InChI=1S/C12H27N/c1-5-7-12(9-13)11(6-2)8-10(3)4/h10-12H,5-9,13H2,1-4H3. The average molecular weight is 185 g/mol. The highest BCUT2D eigenvalue weighted by atomic mass is 14.6. The summed E-state index contributed by atoms with van der Waals surface area (Å²) in [6.45, 7) is 10.0. The molecule has 0 aromatic carbocycles. The molecule has 0 aromatic heterocycles. The molecule has 0 rings (SSSR count). The first-order valence-electron chi connectivity index (χ1n) is 5.85. The van der Waals surface area contributed by atoms with Crippen LogP contribution in [0.4, 0.5) is 0 Å². The van der Waals surface area contributed by atoms with Gasteiger partial charge in [-0.25, -0.2) is 0 Å². The first-order valence-corrected chi connectivity index (χ1v) is 5.85. The summed E-state index contributed by atoms with van der Waals surface area (Å²) in [7, 11) is 0. The lowest BCUT2D eigenvalue weighted by molar-refractivity contribution is 0.263. The molecule has 0 fully saturated rings. The van der Waals surface area contributed by atoms with Crippen LogP contribution in [-0.4, -0.2) is 6.54 Å². The van der Waals surface area contributed by atoms with Gasteiger partial charge in [-0.2, -0.15) is 0 Å². The second-order valence-corrected chi connectivity index (χ2v) is 4.58. The Bertz CT molecular complexity index is 110. The van der Waals surface area contributed by atoms with Gasteiger partial charge in [-0.1, -0.05) is 40.5 Å². The van der Waals surface area contributed by atoms with Crippen LogP contribution in [0.1, 0.15) is 53.4 Å². The van der Waals surface area contributed by atoms with Crippen LogP contribution in [0, 0.1) is 17.8 Å². The predicted molar refractivity (Wildman–Crippen MR) is 60.7 cm³/mol. The molecule has 2 unspecified atom stereocenters. The largest absolute Gasteiger partial charge is 0.330 e. The van der Waals surface area contributed by atoms with Crippen molar-refractivity contribution in [2.24, 2.45) is 23.5 Å². The molecule has 0 amide bonds. The highest BCUT2D eigenvalue weighted by Gasteiger charge is 2.18. The van der Waals surface area contributed by atoms with E-state index >= 15 is 0 Å². The van der Waals surface area contributed by atoms with Crippen LogP contribution < -0.4 is 5.73 Å². The van der Waals surface area contributed by atoms with Crippen LogP contribution >= 0.6 is 0 Å². The summed E-state index contributed by atoms with van der Waals surface area (Å²) in [5.74, 6) is 2.43. The molecule has 0 aliphatic rings. The van der Waals surface area contributed by atoms with Gasteiger partial charge in [0.25, 0.3) is 0 Å². The molecule has 0 aromatic rings. The Morgan fingerprint density at radius 2 is 1.69 bits per heavy atom. The summed E-state index contributed by atoms with van der Waals surface area (Å²) in [5.41, 5.74) is 5.81. The maximum absolute atomic E-state index is 5.81. The van der Waals surface area contributed by atoms with Gasteiger partial charge < -0.3 is 5.73 Å². The molecule has 0 saturated carbocycles. The van der Waals surface area contributed by atoms with Gasteiger partial charge >= 0.3 is 0 Å². The number of hydrogen-bond donors (Lipinski definition) is 1. The van der Waals surface area contributed by atoms with Crippen LogP contribution in [-0.2, 0) is 0 Å². The van der Waals surface area contributed by atoms with Gasteiger partial charge in [0.2, 0.25) is 0 Å². The van der Waals surface area contributed by atoms with Crippen molar-refractivity contribution in [3.8, 4) is 0 Å². The van der Waals surface area contributed by atoms with Crippen molar-refractivity contribution < 1.29 is 0 Å². The predicted octanol–water partition coefficient (Wildman–Crippen LogP) is 3.43. The molecule has 0 aliphatic carbocycles. The molecule has 0 radical (unpaired) electrons. The van der Waals surface area contributed by atoms with Gasteiger partial charge in [0.05, 0.1) is 0 Å². The third kappa shape index (κ3) is 5.30. The minimum atomic E-state index is 0.761. The fraction of sp³-hybridized carbons (Fsp3) is 1.00. The van der Waals surface area contributed by atoms with E-state index in [1.54, 1.807) is 0 Å². The van der Waals surface area contributed by atoms with E-state index in [9.17, 15) is 0 Å². The zero-order valence-electron chi connectivity index (χ0n) is 9.84. The Kier molecular flexibility index (Phi) is 7.35. The zero-order chi connectivity index (χ0) is 10.3. The molecule has 13 heavy (non-hydrogen) atoms. The topological polar surface area (TPSA) is 26.0 Å². The van der Waals surface area contributed by atoms with Crippen molar-refractivity contribution in [2.75, 3.05) is 6.54 Å². The van der Waals surface area contributed by atoms with Crippen LogP contribution in [0.2, 0.25) is 0 Å². The summed E-state index contributed by atoms with van der Waals surface area (Å²) in [4.78, 5) is 0. The van der Waals surface area contributed by atoms with E-state index in [4.69, 9.17) is 5.73 Å². The van der Waals surface area contributed by atoms with Crippen molar-refractivity contribution >= 4 is 0 Å². The number of nitrogens with two attached hydrogens (primary N) is 1. The molecule has 1 nitrogen and oxygen atoms in total. The highest BCUT2D eigenvalue weighted by molar-refractivity contribution is 4.70. The summed E-state index contributed by atoms with van der Waals surface area (Å²) < 4.78 is 0. The molecule has 0 heterocycles. The van der Waals surface area contributed by atoms with Crippen molar-refractivity contribution in [1.29, 1.82) is 0 Å². The SMILES string of the molecule is CCCC(CN)C(CC)CC(C)C. The third-order valence-electron chi connectivity index (χ3n) is 2.93. The zero-order valence-corrected chi connectivity index (χ0v) is 9.84. The molecule has 2 N–H and O–H groups in total. The Hall–Kier alpha value is -0.0400. The van der Waals surface area contributed by atoms with Gasteiger partial charge in [-0.15, -0.1) is 0 Å². The average Bonchev–Trinajstić information content (AvgIpc) is 2.10. The van der Waals surface area contributed by atoms with E-state index in [0.717, 1.165) is 24.3 Å². The van der Waals surface area contributed by atoms with Crippen LogP contribution in [0.3, 0.4) is 0 Å². The summed E-state index contributed by atoms with van der Waals surface area (Å²) in [6, 6.07) is 0. The lowest BCUT2D eigenvalue weighted by Gasteiger charge is -2.26. The van der Waals surface area contributed by atoms with Crippen molar-refractivity contribution in [2.45, 2.75) is 53.4 Å². The smallest absolute Gasteiger partial charge is 0.00462 e. The summed E-state index contributed by atoms with van der Waals surface area (Å²) >= 11 is 0. The Morgan fingerprint density at radius 3 is 2.00 bits per heavy atom. The summed E-state index contributed by atoms with van der Waals surface area (Å²) in [5, 5.41) is 0. The number of rotatable bonds is 7. The first kappa shape index (κ1) is 13.0. The molecular formula is C12H27N. The van der Waals surface area contributed by atoms with E-state index in [2.05, 4.69) is 27.7 Å². The molecule has 0 bridgehead atoms.